The van der Waals surface area contributed by atoms with Gasteiger partial charge in [-0.3, -0.25) is 0 Å². The molecule has 0 amide bonds. The maximum Gasteiger partial charge on any atom is 2.00 e. The van der Waals surface area contributed by atoms with Crippen molar-refractivity contribution in [2.75, 3.05) is 0 Å². The SMILES string of the molecule is O=C([O-])C1(F)C(F)=C(F)C(F)(F)C(F)(F)C1(F)C(=O)[O-].[Fe+2]. The van der Waals surface area contributed by atoms with Crippen molar-refractivity contribution in [3.63, 3.8) is 0 Å². The monoisotopic (exact) mass is 368 g/mol. The van der Waals surface area contributed by atoms with Crippen molar-refractivity contribution in [3.05, 3.63) is 11.7 Å². The number of carboxylic acid groups (broad SMARTS) is 2. The molecule has 21 heavy (non-hydrogen) atoms. The quantitative estimate of drug-likeness (QED) is 0.479. The average Bonchev–Trinajstić information content (AvgIpc) is 2.32. The van der Waals surface area contributed by atoms with Gasteiger partial charge < -0.3 is 19.8 Å². The first-order valence-corrected chi connectivity index (χ1v) is 4.33. The van der Waals surface area contributed by atoms with Crippen LogP contribution in [0.15, 0.2) is 11.7 Å². The predicted molar refractivity (Wildman–Crippen MR) is 36.8 cm³/mol. The molecular weight excluding hydrogens is 368 g/mol. The first kappa shape index (κ1) is 19.6. The Labute approximate surface area is 119 Å². The minimum atomic E-state index is -6.81. The van der Waals surface area contributed by atoms with Crippen molar-refractivity contribution in [3.8, 4) is 0 Å². The Hall–Kier alpha value is -1.36. The maximum absolute atomic E-state index is 13.6. The van der Waals surface area contributed by atoms with Crippen LogP contribution >= 0.6 is 0 Å². The summed E-state index contributed by atoms with van der Waals surface area (Å²) in [6, 6.07) is 0. The van der Waals surface area contributed by atoms with Gasteiger partial charge in [-0.2, -0.15) is 17.6 Å². The fourth-order valence-electron chi connectivity index (χ4n) is 1.51. The molecule has 2 unspecified atom stereocenters. The standard InChI is InChI=1S/C8H2F8O4.Fe/c9-1-2(10)7(13,14)8(15,16)6(12,4(19)20)5(1,11)3(17)18;/h(H,17,18)(H,19,20);/q;+2/p-2. The Balaban J connectivity index is 0.00000400. The minimum absolute atomic E-state index is 0. The molecule has 0 aromatic carbocycles. The summed E-state index contributed by atoms with van der Waals surface area (Å²) < 4.78 is 104. The molecule has 0 saturated heterocycles. The summed E-state index contributed by atoms with van der Waals surface area (Å²) in [6.07, 6.45) is 0. The first-order valence-electron chi connectivity index (χ1n) is 4.33. The molecule has 0 N–H and O–H groups in total. The molecule has 0 aromatic heterocycles. The summed E-state index contributed by atoms with van der Waals surface area (Å²) in [7, 11) is 0. The average molecular weight is 368 g/mol. The van der Waals surface area contributed by atoms with E-state index in [0.29, 0.717) is 0 Å². The number of carbonyl (C=O) groups excluding carboxylic acids is 2. The van der Waals surface area contributed by atoms with Gasteiger partial charge in [0.15, 0.2) is 5.83 Å². The van der Waals surface area contributed by atoms with Crippen LogP contribution in [0.5, 0.6) is 0 Å². The van der Waals surface area contributed by atoms with E-state index in [2.05, 4.69) is 0 Å². The van der Waals surface area contributed by atoms with E-state index in [0.717, 1.165) is 0 Å². The van der Waals surface area contributed by atoms with E-state index in [4.69, 9.17) is 0 Å². The van der Waals surface area contributed by atoms with E-state index in [-0.39, 0.29) is 17.1 Å². The van der Waals surface area contributed by atoms with Crippen LogP contribution in [0.1, 0.15) is 0 Å². The normalized spacial score (nSPS) is 34.1. The van der Waals surface area contributed by atoms with E-state index in [1.807, 2.05) is 0 Å². The Kier molecular flexibility index (Phi) is 4.52. The van der Waals surface area contributed by atoms with E-state index in [9.17, 15) is 54.9 Å². The predicted octanol–water partition coefficient (Wildman–Crippen LogP) is -0.665. The van der Waals surface area contributed by atoms with Crippen LogP contribution in [0.4, 0.5) is 35.1 Å². The summed E-state index contributed by atoms with van der Waals surface area (Å²) >= 11 is 0. The molecule has 120 valence electrons. The summed E-state index contributed by atoms with van der Waals surface area (Å²) in [5.74, 6) is -29.0. The summed E-state index contributed by atoms with van der Waals surface area (Å²) in [4.78, 5) is 20.4. The molecule has 0 aromatic rings. The van der Waals surface area contributed by atoms with Crippen LogP contribution in [0.3, 0.4) is 0 Å². The smallest absolute Gasteiger partial charge is 0.546 e. The van der Waals surface area contributed by atoms with Crippen molar-refractivity contribution in [1.29, 1.82) is 0 Å². The molecular formula is C8F8FeO4. The molecule has 0 spiro atoms. The van der Waals surface area contributed by atoms with Gasteiger partial charge in [-0.25, -0.2) is 17.6 Å². The van der Waals surface area contributed by atoms with Gasteiger partial charge in [0.25, 0.3) is 5.67 Å². The molecule has 1 aliphatic rings. The van der Waals surface area contributed by atoms with Crippen molar-refractivity contribution in [2.24, 2.45) is 0 Å². The number of aliphatic carboxylic acids is 2. The summed E-state index contributed by atoms with van der Waals surface area (Å²) in [5.41, 5.74) is -12.5. The number of alkyl halides is 6. The summed E-state index contributed by atoms with van der Waals surface area (Å²) in [5, 5.41) is 20.4. The third-order valence-corrected chi connectivity index (χ3v) is 2.64. The van der Waals surface area contributed by atoms with Crippen molar-refractivity contribution in [2.45, 2.75) is 23.2 Å². The van der Waals surface area contributed by atoms with Gasteiger partial charge in [0.05, 0.1) is 11.9 Å². The van der Waals surface area contributed by atoms with Crippen molar-refractivity contribution >= 4 is 11.9 Å². The zero-order chi connectivity index (χ0) is 16.3. The minimum Gasteiger partial charge on any atom is -0.546 e. The molecule has 0 fully saturated rings. The Morgan fingerprint density at radius 3 is 1.48 bits per heavy atom. The molecule has 0 saturated carbocycles. The second-order valence-electron chi connectivity index (χ2n) is 3.67. The van der Waals surface area contributed by atoms with Crippen molar-refractivity contribution in [1.82, 2.24) is 0 Å². The number of hydrogen-bond donors (Lipinski definition) is 0. The van der Waals surface area contributed by atoms with E-state index in [1.165, 1.54) is 0 Å². The van der Waals surface area contributed by atoms with Crippen molar-refractivity contribution < 1.29 is 72.0 Å². The van der Waals surface area contributed by atoms with Crippen LogP contribution in [0, 0.1) is 0 Å². The number of carboxylic acids is 2. The number of carbonyl (C=O) groups is 2. The van der Waals surface area contributed by atoms with E-state index >= 15 is 0 Å². The molecule has 0 heterocycles. The number of halogens is 8. The molecule has 0 radical (unpaired) electrons. The van der Waals surface area contributed by atoms with E-state index < -0.39 is 46.8 Å². The molecule has 1 aliphatic carbocycles. The van der Waals surface area contributed by atoms with Gasteiger partial charge in [-0.1, -0.05) is 0 Å². The van der Waals surface area contributed by atoms with Crippen LogP contribution < -0.4 is 10.2 Å². The van der Waals surface area contributed by atoms with Crippen LogP contribution in [0.25, 0.3) is 0 Å². The topological polar surface area (TPSA) is 80.3 Å². The number of hydrogen-bond acceptors (Lipinski definition) is 4. The van der Waals surface area contributed by atoms with Gasteiger partial charge in [0.1, 0.15) is 0 Å². The molecule has 0 aliphatic heterocycles. The Morgan fingerprint density at radius 1 is 0.810 bits per heavy atom. The first-order chi connectivity index (χ1) is 8.70. The number of rotatable bonds is 2. The molecule has 2 atom stereocenters. The van der Waals surface area contributed by atoms with Crippen LogP contribution in [-0.4, -0.2) is 35.1 Å². The molecule has 0 bridgehead atoms. The fraction of sp³-hybridized carbons (Fsp3) is 0.500. The zero-order valence-corrected chi connectivity index (χ0v) is 10.1. The fourth-order valence-corrected chi connectivity index (χ4v) is 1.51. The molecule has 4 nitrogen and oxygen atoms in total. The molecule has 1 rings (SSSR count). The van der Waals surface area contributed by atoms with E-state index in [1.54, 1.807) is 0 Å². The van der Waals surface area contributed by atoms with Crippen LogP contribution in [-0.2, 0) is 26.7 Å². The molecule has 13 heteroatoms. The zero-order valence-electron chi connectivity index (χ0n) is 9.01. The van der Waals surface area contributed by atoms with Gasteiger partial charge >= 0.3 is 28.9 Å². The Bertz CT molecular complexity index is 534. The second-order valence-corrected chi connectivity index (χ2v) is 3.67. The maximum atomic E-state index is 13.6. The Morgan fingerprint density at radius 2 is 1.19 bits per heavy atom. The number of allylic oxidation sites excluding steroid dienone is 1. The van der Waals surface area contributed by atoms with Gasteiger partial charge in [0.2, 0.25) is 11.5 Å². The van der Waals surface area contributed by atoms with Gasteiger partial charge in [-0.15, -0.1) is 0 Å². The van der Waals surface area contributed by atoms with Gasteiger partial charge in [-0.05, 0) is 0 Å². The second kappa shape index (κ2) is 4.83. The third kappa shape index (κ3) is 1.79. The van der Waals surface area contributed by atoms with Gasteiger partial charge in [0, 0.05) is 0 Å². The summed E-state index contributed by atoms with van der Waals surface area (Å²) in [6.45, 7) is 0. The third-order valence-electron chi connectivity index (χ3n) is 2.64. The largest absolute Gasteiger partial charge is 2.00 e. The van der Waals surface area contributed by atoms with Crippen LogP contribution in [0.2, 0.25) is 0 Å².